The van der Waals surface area contributed by atoms with Gasteiger partial charge in [-0.05, 0) is 24.3 Å². The number of hydrazone groups is 1. The van der Waals surface area contributed by atoms with Crippen LogP contribution in [0, 0.1) is 11.6 Å². The van der Waals surface area contributed by atoms with E-state index in [0.29, 0.717) is 5.56 Å². The van der Waals surface area contributed by atoms with E-state index in [1.807, 2.05) is 0 Å². The van der Waals surface area contributed by atoms with Crippen molar-refractivity contribution in [3.63, 3.8) is 0 Å². The maximum atomic E-state index is 13.2. The van der Waals surface area contributed by atoms with Crippen molar-refractivity contribution in [2.45, 2.75) is 12.5 Å². The van der Waals surface area contributed by atoms with Gasteiger partial charge in [0.1, 0.15) is 11.8 Å². The standard InChI is InChI=1S/C18H15F2N5O3/c19-12-6-5-11(7-13(12)20)22-16(27)8-14-17(28)24-18(23-14)25-21-9-10-3-1-2-4-15(10)26/h1-7,9,14,26H,8H2,(H,22,27)(H2,23,24,25,28)/b21-9-/t14-/m1/s1. The van der Waals surface area contributed by atoms with Gasteiger partial charge in [-0.1, -0.05) is 12.1 Å². The van der Waals surface area contributed by atoms with Crippen LogP contribution in [0.2, 0.25) is 0 Å². The van der Waals surface area contributed by atoms with Crippen LogP contribution in [0.25, 0.3) is 0 Å². The molecule has 144 valence electrons. The fourth-order valence-corrected chi connectivity index (χ4v) is 2.36. The summed E-state index contributed by atoms with van der Waals surface area (Å²) in [7, 11) is 0. The normalized spacial score (nSPS) is 16.0. The van der Waals surface area contributed by atoms with Crippen LogP contribution in [0.5, 0.6) is 5.75 Å². The first-order valence-electron chi connectivity index (χ1n) is 8.13. The molecular formula is C18H15F2N5O3. The fourth-order valence-electron chi connectivity index (χ4n) is 2.36. The molecule has 28 heavy (non-hydrogen) atoms. The van der Waals surface area contributed by atoms with Crippen molar-refractivity contribution in [1.82, 2.24) is 10.7 Å². The molecule has 2 aromatic carbocycles. The third kappa shape index (κ3) is 4.67. The summed E-state index contributed by atoms with van der Waals surface area (Å²) in [4.78, 5) is 27.9. The SMILES string of the molecule is O=C(C[C@H]1N=C(N/N=C\c2ccccc2O)NC1=O)Nc1ccc(F)c(F)c1. The largest absolute Gasteiger partial charge is 0.507 e. The first kappa shape index (κ1) is 19.0. The molecule has 1 aliphatic heterocycles. The van der Waals surface area contributed by atoms with Gasteiger partial charge in [-0.25, -0.2) is 19.2 Å². The van der Waals surface area contributed by atoms with Crippen LogP contribution in [-0.4, -0.2) is 35.1 Å². The maximum Gasteiger partial charge on any atom is 0.252 e. The van der Waals surface area contributed by atoms with Crippen LogP contribution in [-0.2, 0) is 9.59 Å². The summed E-state index contributed by atoms with van der Waals surface area (Å²) in [5.74, 6) is -3.14. The summed E-state index contributed by atoms with van der Waals surface area (Å²) in [5.41, 5.74) is 3.03. The quantitative estimate of drug-likeness (QED) is 0.459. The van der Waals surface area contributed by atoms with Crippen LogP contribution >= 0.6 is 0 Å². The van der Waals surface area contributed by atoms with Crippen molar-refractivity contribution < 1.29 is 23.5 Å². The minimum atomic E-state index is -1.09. The molecule has 3 rings (SSSR count). The molecule has 10 heteroatoms. The van der Waals surface area contributed by atoms with Crippen molar-refractivity contribution in [3.8, 4) is 5.75 Å². The number of anilines is 1. The van der Waals surface area contributed by atoms with Crippen molar-refractivity contribution in [1.29, 1.82) is 0 Å². The number of phenols is 1. The molecule has 0 saturated heterocycles. The number of carbonyl (C=O) groups is 2. The zero-order chi connectivity index (χ0) is 20.1. The lowest BCUT2D eigenvalue weighted by Crippen LogP contribution is -2.35. The lowest BCUT2D eigenvalue weighted by Gasteiger charge is -2.07. The van der Waals surface area contributed by atoms with Crippen LogP contribution in [0.15, 0.2) is 52.6 Å². The Morgan fingerprint density at radius 2 is 2.04 bits per heavy atom. The Morgan fingerprint density at radius 3 is 2.79 bits per heavy atom. The summed E-state index contributed by atoms with van der Waals surface area (Å²) < 4.78 is 26.1. The number of guanidine groups is 1. The van der Waals surface area contributed by atoms with E-state index in [9.17, 15) is 23.5 Å². The third-order valence-corrected chi connectivity index (χ3v) is 3.72. The number of hydrogen-bond donors (Lipinski definition) is 4. The molecule has 0 saturated carbocycles. The number of rotatable bonds is 5. The van der Waals surface area contributed by atoms with Crippen LogP contribution in [0.3, 0.4) is 0 Å². The van der Waals surface area contributed by atoms with Crippen molar-refractivity contribution in [3.05, 3.63) is 59.7 Å². The molecule has 0 fully saturated rings. The van der Waals surface area contributed by atoms with Gasteiger partial charge < -0.3 is 10.4 Å². The van der Waals surface area contributed by atoms with Gasteiger partial charge in [-0.2, -0.15) is 5.10 Å². The summed E-state index contributed by atoms with van der Waals surface area (Å²) in [6, 6.07) is 8.46. The van der Waals surface area contributed by atoms with Crippen molar-refractivity contribution >= 4 is 29.7 Å². The first-order valence-corrected chi connectivity index (χ1v) is 8.13. The van der Waals surface area contributed by atoms with Gasteiger partial charge in [-0.3, -0.25) is 14.9 Å². The molecular weight excluding hydrogens is 372 g/mol. The van der Waals surface area contributed by atoms with Gasteiger partial charge in [0.05, 0.1) is 12.6 Å². The second-order valence-electron chi connectivity index (χ2n) is 5.79. The minimum Gasteiger partial charge on any atom is -0.507 e. The Balaban J connectivity index is 1.56. The van der Waals surface area contributed by atoms with E-state index >= 15 is 0 Å². The van der Waals surface area contributed by atoms with Crippen LogP contribution in [0.4, 0.5) is 14.5 Å². The Kier molecular flexibility index (Phi) is 5.58. The second-order valence-corrected chi connectivity index (χ2v) is 5.79. The highest BCUT2D eigenvalue weighted by Gasteiger charge is 2.28. The fraction of sp³-hybridized carbons (Fsp3) is 0.111. The van der Waals surface area contributed by atoms with Gasteiger partial charge in [0.25, 0.3) is 5.91 Å². The molecule has 1 atom stereocenters. The van der Waals surface area contributed by atoms with Crippen LogP contribution < -0.4 is 16.1 Å². The lowest BCUT2D eigenvalue weighted by atomic mass is 10.2. The van der Waals surface area contributed by atoms with Gasteiger partial charge >= 0.3 is 0 Å². The number of carbonyl (C=O) groups excluding carboxylic acids is 2. The van der Waals surface area contributed by atoms with Gasteiger partial charge in [0.15, 0.2) is 11.6 Å². The van der Waals surface area contributed by atoms with Gasteiger partial charge in [0.2, 0.25) is 11.9 Å². The number of halogens is 2. The molecule has 4 N–H and O–H groups in total. The predicted octanol–water partition coefficient (Wildman–Crippen LogP) is 1.48. The molecule has 0 aromatic heterocycles. The number of phenolic OH excluding ortho intramolecular Hbond substituents is 1. The number of benzene rings is 2. The average Bonchev–Trinajstić information content (AvgIpc) is 2.99. The summed E-state index contributed by atoms with van der Waals surface area (Å²) >= 11 is 0. The van der Waals surface area contributed by atoms with Crippen molar-refractivity contribution in [2.75, 3.05) is 5.32 Å². The van der Waals surface area contributed by atoms with E-state index in [1.165, 1.54) is 18.3 Å². The Hall–Kier alpha value is -3.82. The zero-order valence-electron chi connectivity index (χ0n) is 14.3. The molecule has 0 unspecified atom stereocenters. The van der Waals surface area contributed by atoms with E-state index < -0.39 is 29.5 Å². The second kappa shape index (κ2) is 8.25. The van der Waals surface area contributed by atoms with E-state index in [4.69, 9.17) is 0 Å². The zero-order valence-corrected chi connectivity index (χ0v) is 14.3. The number of aliphatic imine (C=N–C) groups is 1. The highest BCUT2D eigenvalue weighted by Crippen LogP contribution is 2.15. The molecule has 1 aliphatic rings. The third-order valence-electron chi connectivity index (χ3n) is 3.72. The van der Waals surface area contributed by atoms with Crippen molar-refractivity contribution in [2.24, 2.45) is 10.1 Å². The lowest BCUT2D eigenvalue weighted by molar-refractivity contribution is -0.123. The topological polar surface area (TPSA) is 115 Å². The maximum absolute atomic E-state index is 13.2. The van der Waals surface area contributed by atoms with Gasteiger partial charge in [0, 0.05) is 17.3 Å². The highest BCUT2D eigenvalue weighted by atomic mass is 19.2. The smallest absolute Gasteiger partial charge is 0.252 e. The molecule has 2 aromatic rings. The monoisotopic (exact) mass is 387 g/mol. The number of hydrogen-bond acceptors (Lipinski definition) is 6. The number of aromatic hydroxyl groups is 1. The summed E-state index contributed by atoms with van der Waals surface area (Å²) in [6.45, 7) is 0. The average molecular weight is 387 g/mol. The molecule has 0 radical (unpaired) electrons. The van der Waals surface area contributed by atoms with E-state index in [-0.39, 0.29) is 23.8 Å². The van der Waals surface area contributed by atoms with E-state index in [2.05, 4.69) is 26.2 Å². The number of nitrogens with zero attached hydrogens (tertiary/aromatic N) is 2. The van der Waals surface area contributed by atoms with E-state index in [1.54, 1.807) is 18.2 Å². The highest BCUT2D eigenvalue weighted by molar-refractivity contribution is 6.07. The molecule has 0 bridgehead atoms. The molecule has 0 spiro atoms. The molecule has 8 nitrogen and oxygen atoms in total. The van der Waals surface area contributed by atoms with Crippen LogP contribution in [0.1, 0.15) is 12.0 Å². The van der Waals surface area contributed by atoms with E-state index in [0.717, 1.165) is 12.1 Å². The van der Waals surface area contributed by atoms with Gasteiger partial charge in [-0.15, -0.1) is 0 Å². The molecule has 2 amide bonds. The Labute approximate surface area is 158 Å². The first-order chi connectivity index (χ1) is 13.4. The minimum absolute atomic E-state index is 0.0391. The summed E-state index contributed by atoms with van der Waals surface area (Å²) in [5, 5.41) is 18.3. The Morgan fingerprint density at radius 1 is 1.25 bits per heavy atom. The summed E-state index contributed by atoms with van der Waals surface area (Å²) in [6.07, 6.45) is 1.05. The Bertz CT molecular complexity index is 977. The number of para-hydroxylation sites is 1. The molecule has 0 aliphatic carbocycles. The predicted molar refractivity (Wildman–Crippen MR) is 97.8 cm³/mol. The number of nitrogens with one attached hydrogen (secondary N) is 3. The molecule has 1 heterocycles. The number of amides is 2.